The normalized spacial score (nSPS) is 10.8. The molecule has 7 heteroatoms. The summed E-state index contributed by atoms with van der Waals surface area (Å²) >= 11 is 0. The third kappa shape index (κ3) is 3.83. The Labute approximate surface area is 160 Å². The highest BCUT2D eigenvalue weighted by molar-refractivity contribution is 5.85. The first-order valence-electron chi connectivity index (χ1n) is 8.68. The zero-order chi connectivity index (χ0) is 19.3. The zero-order valence-electron chi connectivity index (χ0n) is 15.2. The minimum Gasteiger partial charge on any atom is -0.497 e. The van der Waals surface area contributed by atoms with Crippen LogP contribution >= 0.6 is 0 Å². The molecule has 2 heterocycles. The summed E-state index contributed by atoms with van der Waals surface area (Å²) in [7, 11) is 1.59. The molecule has 28 heavy (non-hydrogen) atoms. The Morgan fingerprint density at radius 2 is 1.96 bits per heavy atom. The van der Waals surface area contributed by atoms with E-state index in [1.165, 1.54) is 0 Å². The highest BCUT2D eigenvalue weighted by Gasteiger charge is 2.13. The van der Waals surface area contributed by atoms with Gasteiger partial charge in [-0.25, -0.2) is 0 Å². The second-order valence-electron chi connectivity index (χ2n) is 6.07. The van der Waals surface area contributed by atoms with Gasteiger partial charge < -0.3 is 14.0 Å². The van der Waals surface area contributed by atoms with E-state index in [2.05, 4.69) is 15.1 Å². The second-order valence-corrected chi connectivity index (χ2v) is 6.07. The number of pyridine rings is 1. The first-order valence-corrected chi connectivity index (χ1v) is 8.68. The van der Waals surface area contributed by atoms with E-state index in [9.17, 15) is 4.79 Å². The summed E-state index contributed by atoms with van der Waals surface area (Å²) in [5.74, 6) is 0.934. The van der Waals surface area contributed by atoms with Crippen LogP contribution in [0, 0.1) is 0 Å². The van der Waals surface area contributed by atoms with Gasteiger partial charge >= 0.3 is 5.97 Å². The lowest BCUT2D eigenvalue weighted by Crippen LogP contribution is -2.08. The summed E-state index contributed by atoms with van der Waals surface area (Å²) in [5, 5.41) is 4.90. The number of para-hydroxylation sites is 1. The highest BCUT2D eigenvalue weighted by Crippen LogP contribution is 2.21. The maximum absolute atomic E-state index is 12.2. The monoisotopic (exact) mass is 375 g/mol. The minimum atomic E-state index is -0.390. The maximum Gasteiger partial charge on any atom is 0.310 e. The van der Waals surface area contributed by atoms with E-state index >= 15 is 0 Å². The average Bonchev–Trinajstić information content (AvgIpc) is 3.22. The third-order valence-corrected chi connectivity index (χ3v) is 4.20. The van der Waals surface area contributed by atoms with Crippen LogP contribution in [0.4, 0.5) is 0 Å². The van der Waals surface area contributed by atoms with E-state index in [4.69, 9.17) is 14.0 Å². The second kappa shape index (κ2) is 7.87. The molecule has 0 spiro atoms. The number of aromatic nitrogens is 3. The number of hydrogen-bond acceptors (Lipinski definition) is 7. The van der Waals surface area contributed by atoms with Gasteiger partial charge in [-0.2, -0.15) is 4.98 Å². The van der Waals surface area contributed by atoms with Crippen molar-refractivity contribution in [2.24, 2.45) is 0 Å². The molecule has 0 fully saturated rings. The molecule has 0 aliphatic carbocycles. The molecule has 7 nitrogen and oxygen atoms in total. The van der Waals surface area contributed by atoms with Gasteiger partial charge in [-0.3, -0.25) is 9.78 Å². The van der Waals surface area contributed by atoms with Crippen LogP contribution in [0.3, 0.4) is 0 Å². The Kier molecular flexibility index (Phi) is 4.97. The van der Waals surface area contributed by atoms with Gasteiger partial charge in [-0.05, 0) is 23.8 Å². The number of hydrogen-bond donors (Lipinski definition) is 0. The van der Waals surface area contributed by atoms with Crippen molar-refractivity contribution in [3.05, 3.63) is 72.2 Å². The molecular weight excluding hydrogens is 358 g/mol. The molecule has 0 bridgehead atoms. The van der Waals surface area contributed by atoms with Crippen molar-refractivity contribution in [1.29, 1.82) is 0 Å². The van der Waals surface area contributed by atoms with Crippen molar-refractivity contribution in [3.63, 3.8) is 0 Å². The van der Waals surface area contributed by atoms with Gasteiger partial charge in [0.1, 0.15) is 5.75 Å². The standard InChI is InChI=1S/C21H17N3O4/c1-26-17-9-3-7-16(11-17)21-23-18(28-24-21)13-27-19(25)12-15-6-2-5-14-8-4-10-22-20(14)15/h2-11H,12-13H2,1H3. The van der Waals surface area contributed by atoms with Crippen molar-refractivity contribution >= 4 is 16.9 Å². The molecule has 0 N–H and O–H groups in total. The number of ether oxygens (including phenoxy) is 2. The van der Waals surface area contributed by atoms with Gasteiger partial charge in [-0.15, -0.1) is 0 Å². The molecule has 0 atom stereocenters. The molecule has 4 rings (SSSR count). The molecule has 0 radical (unpaired) electrons. The number of carbonyl (C=O) groups is 1. The quantitative estimate of drug-likeness (QED) is 0.476. The average molecular weight is 375 g/mol. The fraction of sp³-hybridized carbons (Fsp3) is 0.143. The molecule has 0 aliphatic heterocycles. The van der Waals surface area contributed by atoms with Crippen LogP contribution in [0.1, 0.15) is 11.5 Å². The van der Waals surface area contributed by atoms with E-state index in [0.29, 0.717) is 11.6 Å². The zero-order valence-corrected chi connectivity index (χ0v) is 15.2. The van der Waals surface area contributed by atoms with E-state index in [1.54, 1.807) is 19.4 Å². The van der Waals surface area contributed by atoms with Crippen molar-refractivity contribution in [2.75, 3.05) is 7.11 Å². The largest absolute Gasteiger partial charge is 0.497 e. The fourth-order valence-electron chi connectivity index (χ4n) is 2.85. The fourth-order valence-corrected chi connectivity index (χ4v) is 2.85. The van der Waals surface area contributed by atoms with Crippen LogP contribution in [-0.2, 0) is 22.6 Å². The molecule has 4 aromatic rings. The Balaban J connectivity index is 1.40. The van der Waals surface area contributed by atoms with Gasteiger partial charge in [0, 0.05) is 17.1 Å². The Morgan fingerprint density at radius 3 is 2.86 bits per heavy atom. The highest BCUT2D eigenvalue weighted by atomic mass is 16.6. The number of fused-ring (bicyclic) bond motifs is 1. The lowest BCUT2D eigenvalue weighted by Gasteiger charge is -2.05. The van der Waals surface area contributed by atoms with Crippen LogP contribution in [0.15, 0.2) is 65.3 Å². The van der Waals surface area contributed by atoms with Gasteiger partial charge in [0.05, 0.1) is 19.0 Å². The summed E-state index contributed by atoms with van der Waals surface area (Å²) in [6.45, 7) is -0.0893. The number of methoxy groups -OCH3 is 1. The lowest BCUT2D eigenvalue weighted by atomic mass is 10.1. The Morgan fingerprint density at radius 1 is 1.11 bits per heavy atom. The van der Waals surface area contributed by atoms with E-state index in [-0.39, 0.29) is 24.9 Å². The van der Waals surface area contributed by atoms with Crippen molar-refractivity contribution in [2.45, 2.75) is 13.0 Å². The SMILES string of the molecule is COc1cccc(-c2noc(COC(=O)Cc3cccc4cccnc34)n2)c1. The molecule has 0 saturated carbocycles. The summed E-state index contributed by atoms with van der Waals surface area (Å²) < 4.78 is 15.6. The van der Waals surface area contributed by atoms with Crippen LogP contribution in [0.5, 0.6) is 5.75 Å². The summed E-state index contributed by atoms with van der Waals surface area (Å²) in [6.07, 6.45) is 1.82. The molecule has 140 valence electrons. The smallest absolute Gasteiger partial charge is 0.310 e. The van der Waals surface area contributed by atoms with Crippen molar-refractivity contribution < 1.29 is 18.8 Å². The molecule has 0 amide bonds. The minimum absolute atomic E-state index is 0.0893. The molecule has 2 aromatic carbocycles. The van der Waals surface area contributed by atoms with E-state index in [1.807, 2.05) is 48.5 Å². The number of carbonyl (C=O) groups excluding carboxylic acids is 1. The summed E-state index contributed by atoms with van der Waals surface area (Å²) in [6, 6.07) is 16.8. The number of benzene rings is 2. The molecular formula is C21H17N3O4. The Bertz CT molecular complexity index is 1120. The predicted octanol–water partition coefficient (Wildman–Crippen LogP) is 3.58. The first kappa shape index (κ1) is 17.7. The van der Waals surface area contributed by atoms with Gasteiger partial charge in [0.2, 0.25) is 5.82 Å². The van der Waals surface area contributed by atoms with Gasteiger partial charge in [0.25, 0.3) is 5.89 Å². The molecule has 2 aromatic heterocycles. The summed E-state index contributed by atoms with van der Waals surface area (Å²) in [5.41, 5.74) is 2.35. The van der Waals surface area contributed by atoms with Crippen LogP contribution in [-0.4, -0.2) is 28.2 Å². The van der Waals surface area contributed by atoms with Crippen molar-refractivity contribution in [3.8, 4) is 17.1 Å². The third-order valence-electron chi connectivity index (χ3n) is 4.20. The molecule has 0 unspecified atom stereocenters. The van der Waals surface area contributed by atoms with Crippen LogP contribution in [0.25, 0.3) is 22.3 Å². The first-order chi connectivity index (χ1) is 13.7. The van der Waals surface area contributed by atoms with Crippen LogP contribution in [0.2, 0.25) is 0 Å². The van der Waals surface area contributed by atoms with Gasteiger partial charge in [0.15, 0.2) is 6.61 Å². The number of rotatable bonds is 6. The van der Waals surface area contributed by atoms with E-state index < -0.39 is 0 Å². The summed E-state index contributed by atoms with van der Waals surface area (Å²) in [4.78, 5) is 20.8. The lowest BCUT2D eigenvalue weighted by molar-refractivity contribution is -0.144. The number of esters is 1. The topological polar surface area (TPSA) is 87.3 Å². The molecule has 0 saturated heterocycles. The Hall–Kier alpha value is -3.74. The van der Waals surface area contributed by atoms with Crippen LogP contribution < -0.4 is 4.74 Å². The number of nitrogens with zero attached hydrogens (tertiary/aromatic N) is 3. The van der Waals surface area contributed by atoms with Gasteiger partial charge in [-0.1, -0.05) is 41.6 Å². The van der Waals surface area contributed by atoms with Crippen molar-refractivity contribution in [1.82, 2.24) is 15.1 Å². The maximum atomic E-state index is 12.2. The predicted molar refractivity (Wildman–Crippen MR) is 102 cm³/mol. The van der Waals surface area contributed by atoms with E-state index in [0.717, 1.165) is 22.0 Å². The molecule has 0 aliphatic rings.